The van der Waals surface area contributed by atoms with Gasteiger partial charge in [0.2, 0.25) is 0 Å². The van der Waals surface area contributed by atoms with Crippen LogP contribution in [-0.2, 0) is 0 Å². The molecular weight excluding hydrogens is 162 g/mol. The van der Waals surface area contributed by atoms with Gasteiger partial charge in [-0.05, 0) is 26.2 Å². The fraction of sp³-hybridized carbons (Fsp3) is 1.00. The number of unbranched alkanes of at least 4 members (excludes halogenated alkanes) is 2. The molecule has 2 heteroatoms. The zero-order valence-electron chi connectivity index (χ0n) is 8.92. The smallest absolute Gasteiger partial charge is 0.0691 e. The molecule has 0 amide bonds. The Kier molecular flexibility index (Phi) is 4.74. The number of hydrogen-bond donors (Lipinski definition) is 2. The van der Waals surface area contributed by atoms with Crippen LogP contribution in [0, 0.1) is 0 Å². The highest BCUT2D eigenvalue weighted by atomic mass is 16.3. The molecule has 2 nitrogen and oxygen atoms in total. The third-order valence-electron chi connectivity index (χ3n) is 3.04. The minimum atomic E-state index is -0.123. The highest BCUT2D eigenvalue weighted by Gasteiger charge is 2.24. The number of aliphatic hydroxyl groups is 1. The number of rotatable bonds is 4. The maximum Gasteiger partial charge on any atom is 0.0691 e. The van der Waals surface area contributed by atoms with Crippen LogP contribution in [0.3, 0.4) is 0 Å². The molecule has 1 fully saturated rings. The van der Waals surface area contributed by atoms with E-state index in [9.17, 15) is 5.11 Å². The van der Waals surface area contributed by atoms with Crippen LogP contribution in [0.4, 0.5) is 0 Å². The van der Waals surface area contributed by atoms with Gasteiger partial charge in [0, 0.05) is 12.1 Å². The number of piperidine rings is 1. The molecule has 0 bridgehead atoms. The maximum absolute atomic E-state index is 9.50. The lowest BCUT2D eigenvalue weighted by molar-refractivity contribution is 0.0849. The van der Waals surface area contributed by atoms with Crippen LogP contribution in [0.25, 0.3) is 0 Å². The molecule has 0 saturated carbocycles. The quantitative estimate of drug-likeness (QED) is 0.657. The summed E-state index contributed by atoms with van der Waals surface area (Å²) in [6.07, 6.45) is 7.25. The van der Waals surface area contributed by atoms with Crippen LogP contribution in [0.15, 0.2) is 0 Å². The standard InChI is InChI=1S/C11H23NO/c1-3-4-5-6-10-7-8-11(13)9(2)12-10/h9-13H,3-8H2,1-2H3. The van der Waals surface area contributed by atoms with Crippen LogP contribution in [0.5, 0.6) is 0 Å². The Labute approximate surface area is 81.7 Å². The van der Waals surface area contributed by atoms with Crippen molar-refractivity contribution in [3.05, 3.63) is 0 Å². The molecule has 13 heavy (non-hydrogen) atoms. The Balaban J connectivity index is 2.14. The van der Waals surface area contributed by atoms with Crippen LogP contribution in [-0.4, -0.2) is 23.3 Å². The summed E-state index contributed by atoms with van der Waals surface area (Å²) in [6, 6.07) is 0.949. The molecule has 1 aliphatic rings. The van der Waals surface area contributed by atoms with Gasteiger partial charge >= 0.3 is 0 Å². The molecule has 0 aromatic carbocycles. The van der Waals surface area contributed by atoms with Gasteiger partial charge in [-0.25, -0.2) is 0 Å². The van der Waals surface area contributed by atoms with Crippen LogP contribution >= 0.6 is 0 Å². The second-order valence-electron chi connectivity index (χ2n) is 4.29. The third kappa shape index (κ3) is 3.65. The topological polar surface area (TPSA) is 32.3 Å². The molecule has 0 aromatic heterocycles. The van der Waals surface area contributed by atoms with Crippen molar-refractivity contribution < 1.29 is 5.11 Å². The van der Waals surface area contributed by atoms with Crippen molar-refractivity contribution >= 4 is 0 Å². The van der Waals surface area contributed by atoms with Gasteiger partial charge in [0.15, 0.2) is 0 Å². The molecule has 1 aliphatic heterocycles. The molecule has 1 saturated heterocycles. The summed E-state index contributed by atoms with van der Waals surface area (Å²) < 4.78 is 0. The zero-order valence-corrected chi connectivity index (χ0v) is 8.92. The van der Waals surface area contributed by atoms with E-state index in [1.165, 1.54) is 25.7 Å². The van der Waals surface area contributed by atoms with Gasteiger partial charge in [0.25, 0.3) is 0 Å². The molecule has 0 aliphatic carbocycles. The lowest BCUT2D eigenvalue weighted by Crippen LogP contribution is -2.48. The lowest BCUT2D eigenvalue weighted by atomic mass is 9.93. The first-order valence-electron chi connectivity index (χ1n) is 5.68. The highest BCUT2D eigenvalue weighted by Crippen LogP contribution is 2.17. The molecular formula is C11H23NO. The molecule has 2 N–H and O–H groups in total. The minimum Gasteiger partial charge on any atom is -0.392 e. The van der Waals surface area contributed by atoms with Gasteiger partial charge in [0.05, 0.1) is 6.10 Å². The third-order valence-corrected chi connectivity index (χ3v) is 3.04. The van der Waals surface area contributed by atoms with Crippen molar-refractivity contribution in [1.29, 1.82) is 0 Å². The SMILES string of the molecule is CCCCCC1CCC(O)C(C)N1. The van der Waals surface area contributed by atoms with Crippen molar-refractivity contribution in [2.24, 2.45) is 0 Å². The van der Waals surface area contributed by atoms with Crippen molar-refractivity contribution in [2.75, 3.05) is 0 Å². The Hall–Kier alpha value is -0.0800. The van der Waals surface area contributed by atoms with Crippen molar-refractivity contribution in [1.82, 2.24) is 5.32 Å². The van der Waals surface area contributed by atoms with Crippen LogP contribution in [0.2, 0.25) is 0 Å². The summed E-state index contributed by atoms with van der Waals surface area (Å²) in [6.45, 7) is 4.32. The van der Waals surface area contributed by atoms with E-state index >= 15 is 0 Å². The first-order valence-corrected chi connectivity index (χ1v) is 5.68. The maximum atomic E-state index is 9.50. The average Bonchev–Trinajstić information content (AvgIpc) is 2.12. The van der Waals surface area contributed by atoms with E-state index in [1.54, 1.807) is 0 Å². The Morgan fingerprint density at radius 1 is 1.31 bits per heavy atom. The summed E-state index contributed by atoms with van der Waals surface area (Å²) in [4.78, 5) is 0. The van der Waals surface area contributed by atoms with Crippen LogP contribution in [0.1, 0.15) is 52.4 Å². The largest absolute Gasteiger partial charge is 0.392 e. The van der Waals surface area contributed by atoms with Crippen molar-refractivity contribution in [3.8, 4) is 0 Å². The van der Waals surface area contributed by atoms with E-state index in [2.05, 4.69) is 19.2 Å². The predicted octanol–water partition coefficient (Wildman–Crippen LogP) is 2.07. The summed E-state index contributed by atoms with van der Waals surface area (Å²) in [5, 5.41) is 13.0. The Morgan fingerprint density at radius 2 is 2.08 bits per heavy atom. The van der Waals surface area contributed by atoms with E-state index in [0.29, 0.717) is 12.1 Å². The van der Waals surface area contributed by atoms with Gasteiger partial charge < -0.3 is 10.4 Å². The first kappa shape index (κ1) is 11.0. The second-order valence-corrected chi connectivity index (χ2v) is 4.29. The molecule has 1 rings (SSSR count). The van der Waals surface area contributed by atoms with E-state index < -0.39 is 0 Å². The molecule has 3 unspecified atom stereocenters. The monoisotopic (exact) mass is 185 g/mol. The average molecular weight is 185 g/mol. The van der Waals surface area contributed by atoms with E-state index in [4.69, 9.17) is 0 Å². The number of hydrogen-bond acceptors (Lipinski definition) is 2. The second kappa shape index (κ2) is 5.61. The van der Waals surface area contributed by atoms with E-state index in [1.807, 2.05) is 0 Å². The molecule has 78 valence electrons. The Bertz CT molecular complexity index is 138. The molecule has 3 atom stereocenters. The normalized spacial score (nSPS) is 34.8. The minimum absolute atomic E-state index is 0.123. The molecule has 0 aromatic rings. The fourth-order valence-corrected chi connectivity index (χ4v) is 2.06. The van der Waals surface area contributed by atoms with Crippen molar-refractivity contribution in [2.45, 2.75) is 70.6 Å². The Morgan fingerprint density at radius 3 is 2.69 bits per heavy atom. The van der Waals surface area contributed by atoms with Gasteiger partial charge in [0.1, 0.15) is 0 Å². The molecule has 1 heterocycles. The van der Waals surface area contributed by atoms with Crippen molar-refractivity contribution in [3.63, 3.8) is 0 Å². The molecule has 0 radical (unpaired) electrons. The van der Waals surface area contributed by atoms with Crippen LogP contribution < -0.4 is 5.32 Å². The van der Waals surface area contributed by atoms with E-state index in [-0.39, 0.29) is 6.10 Å². The lowest BCUT2D eigenvalue weighted by Gasteiger charge is -2.32. The van der Waals surface area contributed by atoms with Gasteiger partial charge in [-0.15, -0.1) is 0 Å². The first-order chi connectivity index (χ1) is 6.24. The van der Waals surface area contributed by atoms with Gasteiger partial charge in [-0.1, -0.05) is 26.2 Å². The zero-order chi connectivity index (χ0) is 9.68. The van der Waals surface area contributed by atoms with E-state index in [0.717, 1.165) is 12.8 Å². The fourth-order valence-electron chi connectivity index (χ4n) is 2.06. The summed E-state index contributed by atoms with van der Waals surface area (Å²) in [5.41, 5.74) is 0. The summed E-state index contributed by atoms with van der Waals surface area (Å²) >= 11 is 0. The van der Waals surface area contributed by atoms with Gasteiger partial charge in [-0.3, -0.25) is 0 Å². The van der Waals surface area contributed by atoms with Gasteiger partial charge in [-0.2, -0.15) is 0 Å². The number of aliphatic hydroxyl groups excluding tert-OH is 1. The molecule has 0 spiro atoms. The summed E-state index contributed by atoms with van der Waals surface area (Å²) in [5.74, 6) is 0. The summed E-state index contributed by atoms with van der Waals surface area (Å²) in [7, 11) is 0. The number of nitrogens with one attached hydrogen (secondary N) is 1. The predicted molar refractivity (Wildman–Crippen MR) is 55.8 cm³/mol. The highest BCUT2D eigenvalue weighted by molar-refractivity contribution is 4.83.